The van der Waals surface area contributed by atoms with Gasteiger partial charge in [0, 0.05) is 18.7 Å². The Labute approximate surface area is 149 Å². The number of likely N-dealkylation sites (tertiary alicyclic amines) is 1. The molecule has 0 radical (unpaired) electrons. The van der Waals surface area contributed by atoms with Crippen LogP contribution in [-0.2, 0) is 9.59 Å². The van der Waals surface area contributed by atoms with Crippen LogP contribution in [0.15, 0.2) is 29.8 Å². The number of carbonyl (C=O) groups excluding carboxylic acids is 1. The van der Waals surface area contributed by atoms with E-state index >= 15 is 0 Å². The third-order valence-corrected chi connectivity index (χ3v) is 5.87. The number of hydrogen-bond donors (Lipinski definition) is 1. The lowest BCUT2D eigenvalue weighted by molar-refractivity contribution is -0.138. The van der Waals surface area contributed by atoms with Gasteiger partial charge in [0.2, 0.25) is 5.91 Å². The van der Waals surface area contributed by atoms with Crippen molar-refractivity contribution in [1.29, 1.82) is 0 Å². The molecule has 1 aliphatic carbocycles. The van der Waals surface area contributed by atoms with Crippen LogP contribution in [0.25, 0.3) is 6.08 Å². The van der Waals surface area contributed by atoms with Gasteiger partial charge in [-0.1, -0.05) is 37.1 Å². The Morgan fingerprint density at radius 1 is 1.16 bits per heavy atom. The van der Waals surface area contributed by atoms with E-state index in [0.717, 1.165) is 24.2 Å². The predicted molar refractivity (Wildman–Crippen MR) is 98.0 cm³/mol. The maximum atomic E-state index is 12.9. The molecule has 0 bridgehead atoms. The summed E-state index contributed by atoms with van der Waals surface area (Å²) in [6.45, 7) is 5.27. The second kappa shape index (κ2) is 7.42. The normalized spacial score (nSPS) is 24.7. The van der Waals surface area contributed by atoms with Crippen LogP contribution in [0.5, 0.6) is 0 Å². The first-order valence-electron chi connectivity index (χ1n) is 9.26. The Hall–Kier alpha value is -2.10. The van der Waals surface area contributed by atoms with Gasteiger partial charge in [-0.15, -0.1) is 0 Å². The van der Waals surface area contributed by atoms with Gasteiger partial charge in [-0.25, -0.2) is 4.79 Å². The first-order chi connectivity index (χ1) is 12.0. The fourth-order valence-electron chi connectivity index (χ4n) is 4.28. The van der Waals surface area contributed by atoms with Crippen LogP contribution < -0.4 is 0 Å². The summed E-state index contributed by atoms with van der Waals surface area (Å²) in [6, 6.07) is 7.65. The molecule has 134 valence electrons. The summed E-state index contributed by atoms with van der Waals surface area (Å²) in [5.74, 6) is -0.466. The Bertz CT molecular complexity index is 680. The van der Waals surface area contributed by atoms with E-state index in [4.69, 9.17) is 0 Å². The Kier molecular flexibility index (Phi) is 5.26. The summed E-state index contributed by atoms with van der Waals surface area (Å²) in [4.78, 5) is 26.6. The number of carboxylic acids is 1. The average molecular weight is 341 g/mol. The van der Waals surface area contributed by atoms with Crippen molar-refractivity contribution in [3.05, 3.63) is 41.0 Å². The molecular weight excluding hydrogens is 314 g/mol. The SMILES string of the molecule is Cc1ccccc1C=C(C(=O)O)C(C)C(=O)N1C[C@H]2CCCC[C@H]2C1. The highest BCUT2D eigenvalue weighted by atomic mass is 16.4. The average Bonchev–Trinajstić information content (AvgIpc) is 3.03. The van der Waals surface area contributed by atoms with Crippen molar-refractivity contribution in [2.75, 3.05) is 13.1 Å². The highest BCUT2D eigenvalue weighted by molar-refractivity contribution is 5.99. The van der Waals surface area contributed by atoms with Crippen molar-refractivity contribution in [2.45, 2.75) is 39.5 Å². The van der Waals surface area contributed by atoms with Crippen LogP contribution in [0, 0.1) is 24.7 Å². The van der Waals surface area contributed by atoms with E-state index < -0.39 is 11.9 Å². The van der Waals surface area contributed by atoms with Gasteiger partial charge in [0.25, 0.3) is 0 Å². The van der Waals surface area contributed by atoms with Crippen molar-refractivity contribution >= 4 is 18.0 Å². The molecule has 25 heavy (non-hydrogen) atoms. The zero-order valence-corrected chi connectivity index (χ0v) is 15.1. The molecule has 0 spiro atoms. The molecule has 1 unspecified atom stereocenters. The summed E-state index contributed by atoms with van der Waals surface area (Å²) in [7, 11) is 0. The van der Waals surface area contributed by atoms with Gasteiger partial charge in [-0.05, 0) is 55.7 Å². The van der Waals surface area contributed by atoms with Gasteiger partial charge in [0.15, 0.2) is 0 Å². The molecule has 1 heterocycles. The largest absolute Gasteiger partial charge is 0.478 e. The van der Waals surface area contributed by atoms with Crippen LogP contribution in [-0.4, -0.2) is 35.0 Å². The Balaban J connectivity index is 1.79. The van der Waals surface area contributed by atoms with Crippen LogP contribution in [0.3, 0.4) is 0 Å². The first-order valence-corrected chi connectivity index (χ1v) is 9.26. The zero-order valence-electron chi connectivity index (χ0n) is 15.1. The molecule has 1 aromatic carbocycles. The number of rotatable bonds is 4. The Morgan fingerprint density at radius 3 is 2.32 bits per heavy atom. The number of fused-ring (bicyclic) bond motifs is 1. The molecule has 1 aliphatic heterocycles. The third-order valence-electron chi connectivity index (χ3n) is 5.87. The lowest BCUT2D eigenvalue weighted by atomic mass is 9.82. The Morgan fingerprint density at radius 2 is 1.76 bits per heavy atom. The minimum Gasteiger partial charge on any atom is -0.478 e. The van der Waals surface area contributed by atoms with Gasteiger partial charge < -0.3 is 10.0 Å². The van der Waals surface area contributed by atoms with Crippen LogP contribution in [0.2, 0.25) is 0 Å². The molecule has 3 rings (SSSR count). The molecule has 4 nitrogen and oxygen atoms in total. The number of amides is 1. The highest BCUT2D eigenvalue weighted by Crippen LogP contribution is 2.37. The zero-order chi connectivity index (χ0) is 18.0. The fourth-order valence-corrected chi connectivity index (χ4v) is 4.28. The molecule has 1 saturated carbocycles. The van der Waals surface area contributed by atoms with Gasteiger partial charge >= 0.3 is 5.97 Å². The van der Waals surface area contributed by atoms with Crippen molar-refractivity contribution in [2.24, 2.45) is 17.8 Å². The van der Waals surface area contributed by atoms with Crippen LogP contribution >= 0.6 is 0 Å². The van der Waals surface area contributed by atoms with Gasteiger partial charge in [-0.3, -0.25) is 4.79 Å². The molecule has 1 aromatic rings. The molecule has 2 aliphatic rings. The number of carboxylic acid groups (broad SMARTS) is 1. The lowest BCUT2D eigenvalue weighted by Gasteiger charge is -2.22. The molecule has 1 saturated heterocycles. The number of carbonyl (C=O) groups is 2. The molecule has 4 heteroatoms. The molecule has 1 N–H and O–H groups in total. The van der Waals surface area contributed by atoms with Crippen LogP contribution in [0.1, 0.15) is 43.7 Å². The van der Waals surface area contributed by atoms with Crippen molar-refractivity contribution in [3.8, 4) is 0 Å². The molecular formula is C21H27NO3. The van der Waals surface area contributed by atoms with Gasteiger partial charge in [0.1, 0.15) is 0 Å². The standard InChI is InChI=1S/C21H27NO3/c1-14-7-3-4-8-16(14)11-19(21(24)25)15(2)20(23)22-12-17-9-5-6-10-18(17)13-22/h3-4,7-8,11,15,17-18H,5-6,9-10,12-13H2,1-2H3,(H,24,25)/t15?,17-,18+. The fraction of sp³-hybridized carbons (Fsp3) is 0.524. The maximum absolute atomic E-state index is 12.9. The van der Waals surface area contributed by atoms with Crippen LogP contribution in [0.4, 0.5) is 0 Å². The maximum Gasteiger partial charge on any atom is 0.332 e. The van der Waals surface area contributed by atoms with E-state index in [1.807, 2.05) is 36.1 Å². The number of nitrogens with zero attached hydrogens (tertiary/aromatic N) is 1. The second-order valence-corrected chi connectivity index (χ2v) is 7.53. The third kappa shape index (κ3) is 3.78. The van der Waals surface area contributed by atoms with E-state index in [0.29, 0.717) is 11.8 Å². The summed E-state index contributed by atoms with van der Waals surface area (Å²) >= 11 is 0. The van der Waals surface area contributed by atoms with E-state index in [1.165, 1.54) is 25.7 Å². The van der Waals surface area contributed by atoms with Gasteiger partial charge in [0.05, 0.1) is 5.92 Å². The summed E-state index contributed by atoms with van der Waals surface area (Å²) in [5.41, 5.74) is 2.04. The lowest BCUT2D eigenvalue weighted by Crippen LogP contribution is -2.35. The number of hydrogen-bond acceptors (Lipinski definition) is 2. The van der Waals surface area contributed by atoms with E-state index in [9.17, 15) is 14.7 Å². The number of aliphatic carboxylic acids is 1. The first kappa shape index (κ1) is 17.7. The van der Waals surface area contributed by atoms with Crippen molar-refractivity contribution in [1.82, 2.24) is 4.90 Å². The van der Waals surface area contributed by atoms with Crippen molar-refractivity contribution < 1.29 is 14.7 Å². The number of benzene rings is 1. The molecule has 1 amide bonds. The molecule has 3 atom stereocenters. The summed E-state index contributed by atoms with van der Waals surface area (Å²) in [6.07, 6.45) is 6.57. The van der Waals surface area contributed by atoms with E-state index in [2.05, 4.69) is 0 Å². The van der Waals surface area contributed by atoms with E-state index in [1.54, 1.807) is 13.0 Å². The monoisotopic (exact) mass is 341 g/mol. The number of aryl methyl sites for hydroxylation is 1. The summed E-state index contributed by atoms with van der Waals surface area (Å²) < 4.78 is 0. The topological polar surface area (TPSA) is 57.6 Å². The van der Waals surface area contributed by atoms with Gasteiger partial charge in [-0.2, -0.15) is 0 Å². The van der Waals surface area contributed by atoms with Crippen molar-refractivity contribution in [3.63, 3.8) is 0 Å². The minimum atomic E-state index is -1.01. The quantitative estimate of drug-likeness (QED) is 0.849. The second-order valence-electron chi connectivity index (χ2n) is 7.53. The predicted octanol–water partition coefficient (Wildman–Crippen LogP) is 3.75. The molecule has 2 fully saturated rings. The molecule has 0 aromatic heterocycles. The highest BCUT2D eigenvalue weighted by Gasteiger charge is 2.38. The summed E-state index contributed by atoms with van der Waals surface area (Å²) in [5, 5.41) is 9.65. The minimum absolute atomic E-state index is 0.0448. The smallest absolute Gasteiger partial charge is 0.332 e. The van der Waals surface area contributed by atoms with E-state index in [-0.39, 0.29) is 11.5 Å².